The van der Waals surface area contributed by atoms with Gasteiger partial charge in [-0.15, -0.1) is 12.4 Å². The highest BCUT2D eigenvalue weighted by atomic mass is 35.5. The van der Waals surface area contributed by atoms with Crippen LogP contribution in [0.3, 0.4) is 0 Å². The highest BCUT2D eigenvalue weighted by Crippen LogP contribution is 2.20. The summed E-state index contributed by atoms with van der Waals surface area (Å²) in [5.74, 6) is 0.0399. The molecule has 1 fully saturated rings. The highest BCUT2D eigenvalue weighted by Gasteiger charge is 2.27. The lowest BCUT2D eigenvalue weighted by molar-refractivity contribution is 0.0642. The SMILES string of the molecule is CC(C)(C)n1cc(C(=O)N(Cc2ccccn2)C2CCCNCC2)cn1.Cl. The zero-order valence-electron chi connectivity index (χ0n) is 16.4. The summed E-state index contributed by atoms with van der Waals surface area (Å²) in [4.78, 5) is 19.7. The molecule has 1 atom stereocenters. The quantitative estimate of drug-likeness (QED) is 0.869. The molecule has 0 saturated carbocycles. The zero-order valence-corrected chi connectivity index (χ0v) is 17.2. The predicted octanol–water partition coefficient (Wildman–Crippen LogP) is 3.24. The molecule has 1 saturated heterocycles. The molecule has 1 amide bonds. The molecule has 0 spiro atoms. The fourth-order valence-corrected chi connectivity index (χ4v) is 3.31. The summed E-state index contributed by atoms with van der Waals surface area (Å²) in [5.41, 5.74) is 1.42. The standard InChI is InChI=1S/C20H29N5O.ClH/c1-20(2,3)25-14-16(13-23-25)19(26)24(15-17-7-4-5-11-22-17)18-8-6-10-21-12-9-18;/h4-5,7,11,13-14,18,21H,6,8-10,12,15H2,1-3H3;1H. The van der Waals surface area contributed by atoms with E-state index >= 15 is 0 Å². The summed E-state index contributed by atoms with van der Waals surface area (Å²) in [7, 11) is 0. The van der Waals surface area contributed by atoms with E-state index < -0.39 is 0 Å². The summed E-state index contributed by atoms with van der Waals surface area (Å²) >= 11 is 0. The van der Waals surface area contributed by atoms with Gasteiger partial charge in [0.15, 0.2) is 0 Å². The van der Waals surface area contributed by atoms with Gasteiger partial charge in [-0.2, -0.15) is 5.10 Å². The molecule has 1 N–H and O–H groups in total. The monoisotopic (exact) mass is 391 g/mol. The van der Waals surface area contributed by atoms with Crippen molar-refractivity contribution in [2.75, 3.05) is 13.1 Å². The Bertz CT molecular complexity index is 717. The minimum atomic E-state index is -0.142. The van der Waals surface area contributed by atoms with Gasteiger partial charge in [0.25, 0.3) is 5.91 Å². The first-order valence-corrected chi connectivity index (χ1v) is 9.42. The lowest BCUT2D eigenvalue weighted by Crippen LogP contribution is -2.40. The van der Waals surface area contributed by atoms with Crippen molar-refractivity contribution in [3.63, 3.8) is 0 Å². The molecule has 148 valence electrons. The van der Waals surface area contributed by atoms with Crippen molar-refractivity contribution < 1.29 is 4.79 Å². The third-order valence-corrected chi connectivity index (χ3v) is 4.82. The number of amides is 1. The van der Waals surface area contributed by atoms with E-state index in [0.29, 0.717) is 12.1 Å². The molecule has 0 aromatic carbocycles. The van der Waals surface area contributed by atoms with Crippen LogP contribution in [0, 0.1) is 0 Å². The molecule has 0 bridgehead atoms. The van der Waals surface area contributed by atoms with Crippen LogP contribution in [0.25, 0.3) is 0 Å². The Morgan fingerprint density at radius 1 is 1.30 bits per heavy atom. The number of hydrogen-bond acceptors (Lipinski definition) is 4. The summed E-state index contributed by atoms with van der Waals surface area (Å²) < 4.78 is 1.85. The van der Waals surface area contributed by atoms with Gasteiger partial charge in [-0.1, -0.05) is 6.07 Å². The van der Waals surface area contributed by atoms with Gasteiger partial charge in [-0.25, -0.2) is 0 Å². The minimum Gasteiger partial charge on any atom is -0.330 e. The molecule has 0 radical (unpaired) electrons. The average Bonchev–Trinajstić information content (AvgIpc) is 2.98. The Kier molecular flexibility index (Phi) is 7.39. The van der Waals surface area contributed by atoms with Crippen LogP contribution in [0.5, 0.6) is 0 Å². The molecule has 1 aliphatic heterocycles. The molecular formula is C20H30ClN5O. The second-order valence-corrected chi connectivity index (χ2v) is 7.93. The number of halogens is 1. The van der Waals surface area contributed by atoms with Crippen LogP contribution >= 0.6 is 12.4 Å². The van der Waals surface area contributed by atoms with Crippen LogP contribution in [-0.2, 0) is 12.1 Å². The van der Waals surface area contributed by atoms with Crippen molar-refractivity contribution in [3.8, 4) is 0 Å². The first-order valence-electron chi connectivity index (χ1n) is 9.42. The Morgan fingerprint density at radius 2 is 2.11 bits per heavy atom. The Balaban J connectivity index is 0.00000261. The van der Waals surface area contributed by atoms with Crippen LogP contribution < -0.4 is 5.32 Å². The van der Waals surface area contributed by atoms with E-state index in [9.17, 15) is 4.79 Å². The van der Waals surface area contributed by atoms with E-state index in [4.69, 9.17) is 0 Å². The number of carbonyl (C=O) groups excluding carboxylic acids is 1. The van der Waals surface area contributed by atoms with Crippen LogP contribution in [0.1, 0.15) is 56.1 Å². The fraction of sp³-hybridized carbons (Fsp3) is 0.550. The second kappa shape index (κ2) is 9.33. The predicted molar refractivity (Wildman–Crippen MR) is 109 cm³/mol. The average molecular weight is 392 g/mol. The van der Waals surface area contributed by atoms with Crippen LogP contribution in [0.15, 0.2) is 36.8 Å². The normalized spacial score (nSPS) is 17.7. The summed E-state index contributed by atoms with van der Waals surface area (Å²) in [6.07, 6.45) is 8.39. The summed E-state index contributed by atoms with van der Waals surface area (Å²) in [5, 5.41) is 7.83. The van der Waals surface area contributed by atoms with E-state index in [-0.39, 0.29) is 29.9 Å². The molecule has 0 aliphatic carbocycles. The number of aromatic nitrogens is 3. The van der Waals surface area contributed by atoms with E-state index in [1.165, 1.54) is 0 Å². The van der Waals surface area contributed by atoms with Crippen molar-refractivity contribution in [1.82, 2.24) is 25.0 Å². The van der Waals surface area contributed by atoms with E-state index in [0.717, 1.165) is 38.0 Å². The smallest absolute Gasteiger partial charge is 0.257 e. The molecular weight excluding hydrogens is 362 g/mol. The number of pyridine rings is 1. The molecule has 2 aromatic heterocycles. The third kappa shape index (κ3) is 5.53. The minimum absolute atomic E-state index is 0. The summed E-state index contributed by atoms with van der Waals surface area (Å²) in [6, 6.07) is 6.07. The van der Waals surface area contributed by atoms with Gasteiger partial charge in [-0.3, -0.25) is 14.5 Å². The maximum atomic E-state index is 13.3. The van der Waals surface area contributed by atoms with Crippen molar-refractivity contribution in [1.29, 1.82) is 0 Å². The number of nitrogens with zero attached hydrogens (tertiary/aromatic N) is 4. The molecule has 1 aliphatic rings. The van der Waals surface area contributed by atoms with Gasteiger partial charge in [0.2, 0.25) is 0 Å². The van der Waals surface area contributed by atoms with Crippen molar-refractivity contribution in [2.24, 2.45) is 0 Å². The highest BCUT2D eigenvalue weighted by molar-refractivity contribution is 5.94. The lowest BCUT2D eigenvalue weighted by Gasteiger charge is -2.30. The van der Waals surface area contributed by atoms with Crippen LogP contribution in [0.4, 0.5) is 0 Å². The van der Waals surface area contributed by atoms with Crippen LogP contribution in [0.2, 0.25) is 0 Å². The van der Waals surface area contributed by atoms with Gasteiger partial charge >= 0.3 is 0 Å². The number of carbonyl (C=O) groups is 1. The summed E-state index contributed by atoms with van der Waals surface area (Å²) in [6.45, 7) is 8.73. The molecule has 7 heteroatoms. The van der Waals surface area contributed by atoms with Gasteiger partial charge < -0.3 is 10.2 Å². The largest absolute Gasteiger partial charge is 0.330 e. The van der Waals surface area contributed by atoms with Gasteiger partial charge in [0.1, 0.15) is 0 Å². The van der Waals surface area contributed by atoms with Gasteiger partial charge in [0.05, 0.1) is 29.5 Å². The topological polar surface area (TPSA) is 63.1 Å². The van der Waals surface area contributed by atoms with E-state index in [2.05, 4.69) is 36.2 Å². The second-order valence-electron chi connectivity index (χ2n) is 7.93. The number of hydrogen-bond donors (Lipinski definition) is 1. The Hall–Kier alpha value is -1.92. The Morgan fingerprint density at radius 3 is 2.78 bits per heavy atom. The van der Waals surface area contributed by atoms with E-state index in [1.807, 2.05) is 34.0 Å². The maximum absolute atomic E-state index is 13.3. The first kappa shape index (κ1) is 21.4. The molecule has 3 rings (SSSR count). The molecule has 2 aromatic rings. The van der Waals surface area contributed by atoms with Crippen LogP contribution in [-0.4, -0.2) is 44.7 Å². The maximum Gasteiger partial charge on any atom is 0.257 e. The van der Waals surface area contributed by atoms with Crippen molar-refractivity contribution >= 4 is 18.3 Å². The molecule has 1 unspecified atom stereocenters. The van der Waals surface area contributed by atoms with E-state index in [1.54, 1.807) is 12.4 Å². The number of rotatable bonds is 4. The first-order chi connectivity index (χ1) is 12.4. The molecule has 27 heavy (non-hydrogen) atoms. The van der Waals surface area contributed by atoms with Gasteiger partial charge in [0, 0.05) is 18.4 Å². The molecule has 6 nitrogen and oxygen atoms in total. The van der Waals surface area contributed by atoms with Crippen molar-refractivity contribution in [3.05, 3.63) is 48.0 Å². The third-order valence-electron chi connectivity index (χ3n) is 4.82. The molecule has 3 heterocycles. The zero-order chi connectivity index (χ0) is 18.6. The van der Waals surface area contributed by atoms with Crippen molar-refractivity contribution in [2.45, 2.75) is 58.2 Å². The number of nitrogens with one attached hydrogen (secondary N) is 1. The fourth-order valence-electron chi connectivity index (χ4n) is 3.31. The lowest BCUT2D eigenvalue weighted by atomic mass is 10.1. The Labute approximate surface area is 167 Å². The van der Waals surface area contributed by atoms with Gasteiger partial charge in [-0.05, 0) is 65.3 Å².